The molecule has 0 radical (unpaired) electrons. The summed E-state index contributed by atoms with van der Waals surface area (Å²) in [6.45, 7) is 2.05. The topological polar surface area (TPSA) is 29.5 Å². The van der Waals surface area contributed by atoms with E-state index < -0.39 is 6.10 Å². The molecule has 1 unspecified atom stereocenters. The number of thioether (sulfide) groups is 1. The Morgan fingerprint density at radius 1 is 1.50 bits per heavy atom. The van der Waals surface area contributed by atoms with Gasteiger partial charge in [-0.3, -0.25) is 0 Å². The SMILES string of the molecule is COc1cc(F)c2c(c1)[C@H](O)CC(C)SC2. The maximum absolute atomic E-state index is 13.8. The van der Waals surface area contributed by atoms with Crippen LogP contribution in [0.15, 0.2) is 12.1 Å². The number of hydrogen-bond donors (Lipinski definition) is 1. The van der Waals surface area contributed by atoms with Gasteiger partial charge in [-0.15, -0.1) is 0 Å². The van der Waals surface area contributed by atoms with Crippen LogP contribution in [0.25, 0.3) is 0 Å². The Kier molecular flexibility index (Phi) is 3.40. The Morgan fingerprint density at radius 2 is 2.25 bits per heavy atom. The lowest BCUT2D eigenvalue weighted by Gasteiger charge is -2.14. The summed E-state index contributed by atoms with van der Waals surface area (Å²) in [5, 5.41) is 10.4. The van der Waals surface area contributed by atoms with Crippen LogP contribution >= 0.6 is 11.8 Å². The Morgan fingerprint density at radius 3 is 2.94 bits per heavy atom. The quantitative estimate of drug-likeness (QED) is 0.821. The molecular formula is C12H15FO2S. The molecule has 1 N–H and O–H groups in total. The van der Waals surface area contributed by atoms with Crippen LogP contribution < -0.4 is 4.74 Å². The molecule has 0 bridgehead atoms. The number of fused-ring (bicyclic) bond motifs is 1. The van der Waals surface area contributed by atoms with E-state index in [2.05, 4.69) is 6.92 Å². The van der Waals surface area contributed by atoms with Gasteiger partial charge in [-0.05, 0) is 18.1 Å². The van der Waals surface area contributed by atoms with Crippen molar-refractivity contribution in [1.29, 1.82) is 0 Å². The largest absolute Gasteiger partial charge is 0.497 e. The Hall–Kier alpha value is -0.740. The number of rotatable bonds is 1. The third kappa shape index (κ3) is 2.18. The lowest BCUT2D eigenvalue weighted by atomic mass is 9.99. The highest BCUT2D eigenvalue weighted by atomic mass is 32.2. The highest BCUT2D eigenvalue weighted by Gasteiger charge is 2.24. The number of ether oxygens (including phenoxy) is 1. The second-order valence-corrected chi connectivity index (χ2v) is 5.48. The highest BCUT2D eigenvalue weighted by Crippen LogP contribution is 2.37. The first kappa shape index (κ1) is 11.7. The number of hydrogen-bond acceptors (Lipinski definition) is 3. The van der Waals surface area contributed by atoms with Gasteiger partial charge >= 0.3 is 0 Å². The van der Waals surface area contributed by atoms with Gasteiger partial charge in [-0.2, -0.15) is 11.8 Å². The number of halogens is 1. The first-order valence-electron chi connectivity index (χ1n) is 5.27. The summed E-state index contributed by atoms with van der Waals surface area (Å²) >= 11 is 1.67. The lowest BCUT2D eigenvalue weighted by Crippen LogP contribution is -2.05. The van der Waals surface area contributed by atoms with Crippen molar-refractivity contribution in [2.24, 2.45) is 0 Å². The summed E-state index contributed by atoms with van der Waals surface area (Å²) in [5.41, 5.74) is 1.29. The van der Waals surface area contributed by atoms with Gasteiger partial charge in [0.2, 0.25) is 0 Å². The molecule has 0 aromatic heterocycles. The van der Waals surface area contributed by atoms with E-state index in [0.29, 0.717) is 34.3 Å². The average Bonchev–Trinajstić information content (AvgIpc) is 2.39. The molecular weight excluding hydrogens is 227 g/mol. The van der Waals surface area contributed by atoms with Gasteiger partial charge in [0, 0.05) is 22.6 Å². The van der Waals surface area contributed by atoms with Gasteiger partial charge in [0.1, 0.15) is 11.6 Å². The Labute approximate surface area is 98.8 Å². The van der Waals surface area contributed by atoms with Crippen molar-refractivity contribution in [3.8, 4) is 5.75 Å². The van der Waals surface area contributed by atoms with Crippen LogP contribution in [-0.4, -0.2) is 17.5 Å². The van der Waals surface area contributed by atoms with Crippen LogP contribution in [0.3, 0.4) is 0 Å². The van der Waals surface area contributed by atoms with Crippen molar-refractivity contribution in [2.75, 3.05) is 7.11 Å². The fourth-order valence-electron chi connectivity index (χ4n) is 1.93. The standard InChI is InChI=1S/C12H15FO2S/c1-7-3-12(14)9-4-8(15-2)5-11(13)10(9)6-16-7/h4-5,7,12,14H,3,6H2,1-2H3/t7?,12-/m1/s1. The molecule has 1 aliphatic rings. The fourth-order valence-corrected chi connectivity index (χ4v) is 3.01. The van der Waals surface area contributed by atoms with Gasteiger partial charge in [0.05, 0.1) is 13.2 Å². The number of benzene rings is 1. The van der Waals surface area contributed by atoms with Crippen molar-refractivity contribution in [2.45, 2.75) is 30.5 Å². The van der Waals surface area contributed by atoms with E-state index in [9.17, 15) is 9.50 Å². The molecule has 1 aromatic rings. The molecule has 1 aromatic carbocycles. The van der Waals surface area contributed by atoms with E-state index in [1.165, 1.54) is 13.2 Å². The molecule has 0 saturated heterocycles. The van der Waals surface area contributed by atoms with Gasteiger partial charge in [-0.1, -0.05) is 6.92 Å². The normalized spacial score (nSPS) is 24.8. The van der Waals surface area contributed by atoms with Crippen molar-refractivity contribution in [3.05, 3.63) is 29.1 Å². The molecule has 88 valence electrons. The minimum absolute atomic E-state index is 0.282. The summed E-state index contributed by atoms with van der Waals surface area (Å²) in [6, 6.07) is 3.11. The Bertz CT molecular complexity index is 395. The van der Waals surface area contributed by atoms with E-state index >= 15 is 0 Å². The molecule has 2 rings (SSSR count). The highest BCUT2D eigenvalue weighted by molar-refractivity contribution is 7.99. The minimum Gasteiger partial charge on any atom is -0.497 e. The monoisotopic (exact) mass is 242 g/mol. The molecule has 0 amide bonds. The zero-order valence-electron chi connectivity index (χ0n) is 9.37. The number of aliphatic hydroxyl groups excluding tert-OH is 1. The van der Waals surface area contributed by atoms with Gasteiger partial charge in [-0.25, -0.2) is 4.39 Å². The molecule has 16 heavy (non-hydrogen) atoms. The lowest BCUT2D eigenvalue weighted by molar-refractivity contribution is 0.167. The van der Waals surface area contributed by atoms with E-state index in [4.69, 9.17) is 4.74 Å². The second-order valence-electron chi connectivity index (χ2n) is 4.05. The molecule has 2 nitrogen and oxygen atoms in total. The molecule has 0 spiro atoms. The first-order chi connectivity index (χ1) is 7.61. The third-order valence-electron chi connectivity index (χ3n) is 2.87. The second kappa shape index (κ2) is 4.63. The van der Waals surface area contributed by atoms with Crippen LogP contribution in [0.1, 0.15) is 30.6 Å². The zero-order valence-corrected chi connectivity index (χ0v) is 10.2. The maximum Gasteiger partial charge on any atom is 0.131 e. The van der Waals surface area contributed by atoms with Gasteiger partial charge < -0.3 is 9.84 Å². The van der Waals surface area contributed by atoms with Crippen LogP contribution in [-0.2, 0) is 5.75 Å². The van der Waals surface area contributed by atoms with Crippen LogP contribution in [0.2, 0.25) is 0 Å². The summed E-state index contributed by atoms with van der Waals surface area (Å²) in [4.78, 5) is 0. The Balaban J connectivity index is 2.47. The fraction of sp³-hybridized carbons (Fsp3) is 0.500. The minimum atomic E-state index is -0.593. The molecule has 0 fully saturated rings. The van der Waals surface area contributed by atoms with Crippen LogP contribution in [0.4, 0.5) is 4.39 Å². The predicted molar refractivity (Wildman–Crippen MR) is 63.3 cm³/mol. The summed E-state index contributed by atoms with van der Waals surface area (Å²) in [6.07, 6.45) is 0.0641. The van der Waals surface area contributed by atoms with Crippen molar-refractivity contribution in [1.82, 2.24) is 0 Å². The van der Waals surface area contributed by atoms with Crippen molar-refractivity contribution in [3.63, 3.8) is 0 Å². The predicted octanol–water partition coefficient (Wildman–Crippen LogP) is 2.89. The van der Waals surface area contributed by atoms with Crippen molar-refractivity contribution < 1.29 is 14.2 Å². The molecule has 1 aliphatic heterocycles. The van der Waals surface area contributed by atoms with E-state index in [-0.39, 0.29) is 5.82 Å². The summed E-state index contributed by atoms with van der Waals surface area (Å²) in [5.74, 6) is 0.800. The number of methoxy groups -OCH3 is 1. The zero-order chi connectivity index (χ0) is 11.7. The van der Waals surface area contributed by atoms with E-state index in [0.717, 1.165) is 0 Å². The van der Waals surface area contributed by atoms with Crippen LogP contribution in [0.5, 0.6) is 5.75 Å². The maximum atomic E-state index is 13.8. The third-order valence-corrected chi connectivity index (χ3v) is 4.08. The molecule has 2 atom stereocenters. The molecule has 0 aliphatic carbocycles. The first-order valence-corrected chi connectivity index (χ1v) is 6.32. The molecule has 4 heteroatoms. The van der Waals surface area contributed by atoms with Crippen LogP contribution in [0, 0.1) is 5.82 Å². The summed E-state index contributed by atoms with van der Waals surface area (Å²) < 4.78 is 18.8. The molecule has 1 heterocycles. The number of aliphatic hydroxyl groups is 1. The molecule has 0 saturated carbocycles. The van der Waals surface area contributed by atoms with Crippen molar-refractivity contribution >= 4 is 11.8 Å². The van der Waals surface area contributed by atoms with E-state index in [1.807, 2.05) is 0 Å². The van der Waals surface area contributed by atoms with E-state index in [1.54, 1.807) is 17.8 Å². The van der Waals surface area contributed by atoms with Gasteiger partial charge in [0.15, 0.2) is 0 Å². The summed E-state index contributed by atoms with van der Waals surface area (Å²) in [7, 11) is 1.50. The van der Waals surface area contributed by atoms with Gasteiger partial charge in [0.25, 0.3) is 0 Å². The average molecular weight is 242 g/mol. The smallest absolute Gasteiger partial charge is 0.131 e.